The Morgan fingerprint density at radius 2 is 2.22 bits per heavy atom. The van der Waals surface area contributed by atoms with E-state index in [1.54, 1.807) is 0 Å². The summed E-state index contributed by atoms with van der Waals surface area (Å²) < 4.78 is 0. The number of carbonyl (C=O) groups excluding carboxylic acids is 1. The highest BCUT2D eigenvalue weighted by Crippen LogP contribution is 2.43. The van der Waals surface area contributed by atoms with Crippen LogP contribution in [-0.4, -0.2) is 5.78 Å². The molecule has 0 amide bonds. The summed E-state index contributed by atoms with van der Waals surface area (Å²) >= 11 is 0. The summed E-state index contributed by atoms with van der Waals surface area (Å²) in [5.74, 6) is 1.12. The maximum absolute atomic E-state index is 11.1. The number of hydrogen-bond donors (Lipinski definition) is 0. The van der Waals surface area contributed by atoms with Gasteiger partial charge in [-0.2, -0.15) is 0 Å². The number of hydrogen-bond acceptors (Lipinski definition) is 1. The van der Waals surface area contributed by atoms with E-state index in [2.05, 4.69) is 6.58 Å². The van der Waals surface area contributed by atoms with Crippen molar-refractivity contribution in [3.63, 3.8) is 0 Å². The van der Waals surface area contributed by atoms with Gasteiger partial charge in [0.2, 0.25) is 0 Å². The van der Waals surface area contributed by atoms with Crippen LogP contribution in [0.1, 0.15) is 19.3 Å². The minimum absolute atomic E-state index is 0.273. The van der Waals surface area contributed by atoms with Crippen molar-refractivity contribution in [3.8, 4) is 0 Å². The Balaban J connectivity index is 2.36. The van der Waals surface area contributed by atoms with E-state index in [0.717, 1.165) is 19.3 Å². The second-order valence-electron chi connectivity index (χ2n) is 3.09. The Morgan fingerprint density at radius 3 is 2.44 bits per heavy atom. The fourth-order valence-corrected chi connectivity index (χ4v) is 2.00. The minimum Gasteiger partial charge on any atom is -0.299 e. The highest BCUT2D eigenvalue weighted by Gasteiger charge is 2.42. The van der Waals surface area contributed by atoms with E-state index in [1.165, 1.54) is 5.57 Å². The van der Waals surface area contributed by atoms with Crippen LogP contribution < -0.4 is 0 Å². The first-order valence-electron chi connectivity index (χ1n) is 3.50. The molecule has 2 bridgehead atoms. The number of fused-ring (bicyclic) bond motifs is 2. The normalized spacial score (nSPS) is 40.4. The van der Waals surface area contributed by atoms with E-state index in [4.69, 9.17) is 0 Å². The lowest BCUT2D eigenvalue weighted by atomic mass is 9.96. The van der Waals surface area contributed by atoms with Crippen LogP contribution in [0.5, 0.6) is 0 Å². The number of carbonyl (C=O) groups is 1. The van der Waals surface area contributed by atoms with Gasteiger partial charge in [-0.3, -0.25) is 4.79 Å². The molecule has 1 heteroatoms. The van der Waals surface area contributed by atoms with Crippen molar-refractivity contribution in [2.24, 2.45) is 11.8 Å². The molecule has 2 aliphatic rings. The Kier molecular flexibility index (Phi) is 0.850. The lowest BCUT2D eigenvalue weighted by Crippen LogP contribution is -2.01. The third-order valence-electron chi connectivity index (χ3n) is 2.55. The van der Waals surface area contributed by atoms with Crippen LogP contribution >= 0.6 is 0 Å². The van der Waals surface area contributed by atoms with Crippen molar-refractivity contribution in [2.45, 2.75) is 19.3 Å². The van der Waals surface area contributed by atoms with E-state index < -0.39 is 0 Å². The molecule has 0 aromatic carbocycles. The molecule has 0 radical (unpaired) electrons. The van der Waals surface area contributed by atoms with Crippen LogP contribution in [0.25, 0.3) is 0 Å². The first-order chi connectivity index (χ1) is 4.29. The smallest absolute Gasteiger partial charge is 0.143 e. The third-order valence-corrected chi connectivity index (χ3v) is 2.55. The van der Waals surface area contributed by atoms with Gasteiger partial charge in [-0.15, -0.1) is 0 Å². The van der Waals surface area contributed by atoms with Gasteiger partial charge in [-0.05, 0) is 19.3 Å². The van der Waals surface area contributed by atoms with Gasteiger partial charge in [0, 0.05) is 11.8 Å². The predicted octanol–water partition coefficient (Wildman–Crippen LogP) is 1.54. The molecular weight excluding hydrogens is 112 g/mol. The molecule has 1 nitrogen and oxygen atoms in total. The second-order valence-corrected chi connectivity index (χ2v) is 3.09. The van der Waals surface area contributed by atoms with Gasteiger partial charge in [0.1, 0.15) is 5.78 Å². The van der Waals surface area contributed by atoms with Gasteiger partial charge in [0.25, 0.3) is 0 Å². The molecule has 0 saturated heterocycles. The van der Waals surface area contributed by atoms with Gasteiger partial charge in [0.05, 0.1) is 0 Å². The highest BCUT2D eigenvalue weighted by molar-refractivity contribution is 5.91. The van der Waals surface area contributed by atoms with Gasteiger partial charge in [0.15, 0.2) is 0 Å². The van der Waals surface area contributed by atoms with Crippen molar-refractivity contribution >= 4 is 5.78 Å². The molecule has 48 valence electrons. The summed E-state index contributed by atoms with van der Waals surface area (Å²) in [7, 11) is 0. The van der Waals surface area contributed by atoms with Crippen LogP contribution in [-0.2, 0) is 4.79 Å². The van der Waals surface area contributed by atoms with Crippen LogP contribution in [0.15, 0.2) is 12.2 Å². The molecule has 0 aliphatic heterocycles. The number of Topliss-reactive ketones (excluding diaryl/α,β-unsaturated/α-hetero) is 1. The van der Waals surface area contributed by atoms with Crippen LogP contribution in [0, 0.1) is 11.8 Å². The van der Waals surface area contributed by atoms with Gasteiger partial charge in [-0.1, -0.05) is 12.2 Å². The Morgan fingerprint density at radius 1 is 1.44 bits per heavy atom. The summed E-state index contributed by atoms with van der Waals surface area (Å²) in [6.45, 7) is 3.87. The lowest BCUT2D eigenvalue weighted by molar-refractivity contribution is -0.121. The average molecular weight is 122 g/mol. The molecule has 0 spiro atoms. The van der Waals surface area contributed by atoms with E-state index in [9.17, 15) is 4.79 Å². The molecule has 2 aliphatic carbocycles. The number of allylic oxidation sites excluding steroid dienone is 1. The third kappa shape index (κ3) is 0.521. The minimum atomic E-state index is 0.273. The van der Waals surface area contributed by atoms with Gasteiger partial charge in [-0.25, -0.2) is 0 Å². The molecule has 2 fully saturated rings. The van der Waals surface area contributed by atoms with Crippen molar-refractivity contribution in [3.05, 3.63) is 12.2 Å². The van der Waals surface area contributed by atoms with Crippen LogP contribution in [0.3, 0.4) is 0 Å². The van der Waals surface area contributed by atoms with Crippen molar-refractivity contribution < 1.29 is 4.79 Å². The zero-order chi connectivity index (χ0) is 6.43. The zero-order valence-corrected chi connectivity index (χ0v) is 5.39. The number of rotatable bonds is 0. The van der Waals surface area contributed by atoms with Crippen molar-refractivity contribution in [1.82, 2.24) is 0 Å². The summed E-state index contributed by atoms with van der Waals surface area (Å²) in [6, 6.07) is 0. The maximum Gasteiger partial charge on any atom is 0.143 e. The fourth-order valence-electron chi connectivity index (χ4n) is 2.00. The van der Waals surface area contributed by atoms with Crippen molar-refractivity contribution in [2.75, 3.05) is 0 Å². The second kappa shape index (κ2) is 1.47. The Bertz CT molecular complexity index is 181. The zero-order valence-electron chi connectivity index (χ0n) is 5.39. The predicted molar refractivity (Wildman–Crippen MR) is 35.0 cm³/mol. The highest BCUT2D eigenvalue weighted by atomic mass is 16.1. The maximum atomic E-state index is 11.1. The summed E-state index contributed by atoms with van der Waals surface area (Å²) in [5, 5.41) is 0. The van der Waals surface area contributed by atoms with E-state index >= 15 is 0 Å². The molecule has 9 heavy (non-hydrogen) atoms. The standard InChI is InChI=1S/C8H10O/c1-5-4-6-2-3-7(5)8(6)9/h6-7H,1-4H2/t6-,7+/m1/s1. The largest absolute Gasteiger partial charge is 0.299 e. The summed E-state index contributed by atoms with van der Waals surface area (Å²) in [4.78, 5) is 11.1. The molecule has 2 atom stereocenters. The van der Waals surface area contributed by atoms with E-state index in [0.29, 0.717) is 11.7 Å². The van der Waals surface area contributed by atoms with E-state index in [1.807, 2.05) is 0 Å². The Hall–Kier alpha value is -0.590. The monoisotopic (exact) mass is 122 g/mol. The molecule has 0 unspecified atom stereocenters. The van der Waals surface area contributed by atoms with Crippen molar-refractivity contribution in [1.29, 1.82) is 0 Å². The SMILES string of the molecule is C=C1C[C@H]2CC[C@@H]1C2=O. The molecule has 0 N–H and O–H groups in total. The molecule has 2 saturated carbocycles. The fraction of sp³-hybridized carbons (Fsp3) is 0.625. The topological polar surface area (TPSA) is 17.1 Å². The number of ketones is 1. The molecule has 0 aromatic heterocycles. The van der Waals surface area contributed by atoms with Gasteiger partial charge < -0.3 is 0 Å². The Labute approximate surface area is 54.8 Å². The van der Waals surface area contributed by atoms with E-state index in [-0.39, 0.29) is 5.92 Å². The lowest BCUT2D eigenvalue weighted by Gasteiger charge is -2.07. The van der Waals surface area contributed by atoms with Crippen LogP contribution in [0.4, 0.5) is 0 Å². The first kappa shape index (κ1) is 5.21. The molecular formula is C8H10O. The molecule has 0 heterocycles. The van der Waals surface area contributed by atoms with Crippen LogP contribution in [0.2, 0.25) is 0 Å². The summed E-state index contributed by atoms with van der Waals surface area (Å²) in [5.41, 5.74) is 1.19. The summed E-state index contributed by atoms with van der Waals surface area (Å²) in [6.07, 6.45) is 3.20. The quantitative estimate of drug-likeness (QED) is 0.445. The first-order valence-corrected chi connectivity index (χ1v) is 3.50. The van der Waals surface area contributed by atoms with Gasteiger partial charge >= 0.3 is 0 Å². The molecule has 2 rings (SSSR count). The average Bonchev–Trinajstić information content (AvgIpc) is 2.25. The molecule has 0 aromatic rings.